The quantitative estimate of drug-likeness (QED) is 0.868. The molecule has 0 aromatic carbocycles. The monoisotopic (exact) mass is 230 g/mol. The van der Waals surface area contributed by atoms with Gasteiger partial charge < -0.3 is 9.88 Å². The van der Waals surface area contributed by atoms with Crippen LogP contribution in [0.4, 0.5) is 0 Å². The topological polar surface area (TPSA) is 42.7 Å². The molecular formula is C13H18N4. The number of rotatable bonds is 4. The van der Waals surface area contributed by atoms with Crippen LogP contribution in [-0.4, -0.2) is 21.6 Å². The van der Waals surface area contributed by atoms with Gasteiger partial charge in [0.1, 0.15) is 5.82 Å². The molecule has 17 heavy (non-hydrogen) atoms. The van der Waals surface area contributed by atoms with E-state index in [4.69, 9.17) is 0 Å². The molecule has 0 aliphatic rings. The number of likely N-dealkylation sites (N-methyl/N-ethyl adjacent to an activating group) is 1. The van der Waals surface area contributed by atoms with Gasteiger partial charge in [-0.2, -0.15) is 0 Å². The summed E-state index contributed by atoms with van der Waals surface area (Å²) in [6.45, 7) is 2.01. The van der Waals surface area contributed by atoms with Gasteiger partial charge in [-0.15, -0.1) is 0 Å². The summed E-state index contributed by atoms with van der Waals surface area (Å²) in [6.07, 6.45) is 6.54. The third kappa shape index (κ3) is 2.71. The third-order valence-corrected chi connectivity index (χ3v) is 2.98. The summed E-state index contributed by atoms with van der Waals surface area (Å²) in [6, 6.07) is 4.44. The van der Waals surface area contributed by atoms with Crippen LogP contribution in [0.5, 0.6) is 0 Å². The molecule has 1 N–H and O–H groups in total. The van der Waals surface area contributed by atoms with Crippen molar-refractivity contribution in [1.29, 1.82) is 0 Å². The van der Waals surface area contributed by atoms with Gasteiger partial charge in [0.05, 0.1) is 0 Å². The van der Waals surface area contributed by atoms with Gasteiger partial charge in [0.2, 0.25) is 0 Å². The Morgan fingerprint density at radius 2 is 2.18 bits per heavy atom. The molecule has 1 unspecified atom stereocenters. The van der Waals surface area contributed by atoms with Crippen LogP contribution in [0.15, 0.2) is 30.7 Å². The average molecular weight is 230 g/mol. The van der Waals surface area contributed by atoms with Crippen molar-refractivity contribution in [2.45, 2.75) is 19.4 Å². The van der Waals surface area contributed by atoms with E-state index in [1.54, 1.807) is 0 Å². The van der Waals surface area contributed by atoms with Gasteiger partial charge in [0, 0.05) is 43.8 Å². The van der Waals surface area contributed by atoms with Gasteiger partial charge in [-0.3, -0.25) is 4.98 Å². The van der Waals surface area contributed by atoms with E-state index in [1.165, 1.54) is 5.56 Å². The SMILES string of the molecule is CNC(Cc1nccn1C)c1ccnc(C)c1. The first kappa shape index (κ1) is 11.8. The Hall–Kier alpha value is -1.68. The lowest BCUT2D eigenvalue weighted by Crippen LogP contribution is -2.20. The number of aromatic nitrogens is 3. The fourth-order valence-corrected chi connectivity index (χ4v) is 1.95. The van der Waals surface area contributed by atoms with E-state index in [0.29, 0.717) is 0 Å². The average Bonchev–Trinajstić information content (AvgIpc) is 2.71. The number of imidazole rings is 1. The first-order valence-electron chi connectivity index (χ1n) is 5.76. The van der Waals surface area contributed by atoms with Crippen LogP contribution in [0.2, 0.25) is 0 Å². The van der Waals surface area contributed by atoms with Crippen molar-refractivity contribution in [3.05, 3.63) is 47.8 Å². The van der Waals surface area contributed by atoms with Crippen molar-refractivity contribution in [3.63, 3.8) is 0 Å². The van der Waals surface area contributed by atoms with Crippen LogP contribution >= 0.6 is 0 Å². The Labute approximate surface area is 102 Å². The fraction of sp³-hybridized carbons (Fsp3) is 0.385. The largest absolute Gasteiger partial charge is 0.338 e. The van der Waals surface area contributed by atoms with Crippen molar-refractivity contribution in [3.8, 4) is 0 Å². The summed E-state index contributed by atoms with van der Waals surface area (Å²) < 4.78 is 2.05. The molecule has 0 spiro atoms. The molecular weight excluding hydrogens is 212 g/mol. The van der Waals surface area contributed by atoms with Crippen molar-refractivity contribution < 1.29 is 0 Å². The highest BCUT2D eigenvalue weighted by molar-refractivity contribution is 5.20. The molecule has 1 atom stereocenters. The predicted octanol–water partition coefficient (Wildman–Crippen LogP) is 1.63. The summed E-state index contributed by atoms with van der Waals surface area (Å²) in [7, 11) is 4.00. The first-order chi connectivity index (χ1) is 8.20. The molecule has 0 saturated carbocycles. The maximum Gasteiger partial charge on any atom is 0.110 e. The number of nitrogens with zero attached hydrogens (tertiary/aromatic N) is 3. The smallest absolute Gasteiger partial charge is 0.110 e. The normalized spacial score (nSPS) is 12.6. The van der Waals surface area contributed by atoms with Gasteiger partial charge in [-0.1, -0.05) is 0 Å². The van der Waals surface area contributed by atoms with E-state index in [0.717, 1.165) is 17.9 Å². The minimum Gasteiger partial charge on any atom is -0.338 e. The summed E-state index contributed by atoms with van der Waals surface area (Å²) in [4.78, 5) is 8.58. The Morgan fingerprint density at radius 1 is 1.35 bits per heavy atom. The molecule has 2 heterocycles. The van der Waals surface area contributed by atoms with Gasteiger partial charge in [-0.05, 0) is 31.7 Å². The van der Waals surface area contributed by atoms with Gasteiger partial charge in [-0.25, -0.2) is 4.98 Å². The van der Waals surface area contributed by atoms with Crippen LogP contribution in [0.25, 0.3) is 0 Å². The highest BCUT2D eigenvalue weighted by atomic mass is 15.0. The zero-order valence-corrected chi connectivity index (χ0v) is 10.5. The molecule has 90 valence electrons. The summed E-state index contributed by atoms with van der Waals surface area (Å²) in [5.74, 6) is 1.08. The number of pyridine rings is 1. The second-order valence-corrected chi connectivity index (χ2v) is 4.23. The molecule has 0 saturated heterocycles. The molecule has 0 aliphatic carbocycles. The molecule has 0 amide bonds. The van der Waals surface area contributed by atoms with Crippen molar-refractivity contribution >= 4 is 0 Å². The third-order valence-electron chi connectivity index (χ3n) is 2.98. The van der Waals surface area contributed by atoms with Gasteiger partial charge >= 0.3 is 0 Å². The number of nitrogens with one attached hydrogen (secondary N) is 1. The molecule has 2 rings (SSSR count). The maximum atomic E-state index is 4.36. The number of aryl methyl sites for hydroxylation is 2. The fourth-order valence-electron chi connectivity index (χ4n) is 1.95. The van der Waals surface area contributed by atoms with E-state index in [-0.39, 0.29) is 6.04 Å². The maximum absolute atomic E-state index is 4.36. The first-order valence-corrected chi connectivity index (χ1v) is 5.76. The summed E-state index contributed by atoms with van der Waals surface area (Å²) >= 11 is 0. The standard InChI is InChI=1S/C13H18N4/c1-10-8-11(4-5-15-10)12(14-2)9-13-16-6-7-17(13)3/h4-8,12,14H,9H2,1-3H3. The Balaban J connectivity index is 2.20. The van der Waals surface area contributed by atoms with Crippen molar-refractivity contribution in [1.82, 2.24) is 19.9 Å². The molecule has 2 aromatic heterocycles. The summed E-state index contributed by atoms with van der Waals surface area (Å²) in [5.41, 5.74) is 2.30. The number of hydrogen-bond donors (Lipinski definition) is 1. The van der Waals surface area contributed by atoms with Crippen LogP contribution in [0.3, 0.4) is 0 Å². The Kier molecular flexibility index (Phi) is 3.54. The molecule has 0 bridgehead atoms. The Morgan fingerprint density at radius 3 is 2.76 bits per heavy atom. The molecule has 4 nitrogen and oxygen atoms in total. The lowest BCUT2D eigenvalue weighted by Gasteiger charge is -2.16. The lowest BCUT2D eigenvalue weighted by molar-refractivity contribution is 0.562. The highest BCUT2D eigenvalue weighted by Crippen LogP contribution is 2.17. The zero-order chi connectivity index (χ0) is 12.3. The van der Waals surface area contributed by atoms with Crippen LogP contribution in [0, 0.1) is 6.92 Å². The molecule has 0 aliphatic heterocycles. The van der Waals surface area contributed by atoms with Crippen molar-refractivity contribution in [2.75, 3.05) is 7.05 Å². The second-order valence-electron chi connectivity index (χ2n) is 4.23. The molecule has 0 fully saturated rings. The van der Waals surface area contributed by atoms with E-state index < -0.39 is 0 Å². The van der Waals surface area contributed by atoms with Gasteiger partial charge in [0.15, 0.2) is 0 Å². The molecule has 2 aromatic rings. The van der Waals surface area contributed by atoms with E-state index in [2.05, 4.69) is 32.0 Å². The minimum atomic E-state index is 0.276. The van der Waals surface area contributed by atoms with Gasteiger partial charge in [0.25, 0.3) is 0 Å². The van der Waals surface area contributed by atoms with Crippen LogP contribution in [-0.2, 0) is 13.5 Å². The zero-order valence-electron chi connectivity index (χ0n) is 10.5. The second kappa shape index (κ2) is 5.10. The summed E-state index contributed by atoms with van der Waals surface area (Å²) in [5, 5.41) is 3.33. The van der Waals surface area contributed by atoms with E-state index in [1.807, 2.05) is 39.6 Å². The highest BCUT2D eigenvalue weighted by Gasteiger charge is 2.12. The molecule has 4 heteroatoms. The lowest BCUT2D eigenvalue weighted by atomic mass is 10.0. The van der Waals surface area contributed by atoms with Crippen LogP contribution in [0.1, 0.15) is 23.1 Å². The van der Waals surface area contributed by atoms with E-state index in [9.17, 15) is 0 Å². The van der Waals surface area contributed by atoms with Crippen LogP contribution < -0.4 is 5.32 Å². The number of hydrogen-bond acceptors (Lipinski definition) is 3. The molecule has 0 radical (unpaired) electrons. The predicted molar refractivity (Wildman–Crippen MR) is 67.7 cm³/mol. The Bertz CT molecular complexity index is 490. The van der Waals surface area contributed by atoms with Crippen molar-refractivity contribution in [2.24, 2.45) is 7.05 Å². The minimum absolute atomic E-state index is 0.276. The van der Waals surface area contributed by atoms with E-state index >= 15 is 0 Å².